The second-order valence-electron chi connectivity index (χ2n) is 9.07. The third-order valence-electron chi connectivity index (χ3n) is 6.97. The van der Waals surface area contributed by atoms with Crippen LogP contribution in [0.3, 0.4) is 0 Å². The average molecular weight is 417 g/mol. The van der Waals surface area contributed by atoms with E-state index in [2.05, 4.69) is 30.9 Å². The highest BCUT2D eigenvalue weighted by Gasteiger charge is 2.44. The predicted molar refractivity (Wildman–Crippen MR) is 116 cm³/mol. The molecule has 3 fully saturated rings. The summed E-state index contributed by atoms with van der Waals surface area (Å²) in [7, 11) is 0. The van der Waals surface area contributed by atoms with E-state index in [1.807, 2.05) is 17.0 Å². The highest BCUT2D eigenvalue weighted by Crippen LogP contribution is 2.38. The fourth-order valence-electron chi connectivity index (χ4n) is 4.97. The molecule has 0 atom stereocenters. The van der Waals surface area contributed by atoms with Gasteiger partial charge in [-0.2, -0.15) is 0 Å². The van der Waals surface area contributed by atoms with Gasteiger partial charge in [0, 0.05) is 45.4 Å². The Kier molecular flexibility index (Phi) is 6.96. The van der Waals surface area contributed by atoms with Gasteiger partial charge in [-0.1, -0.05) is 12.1 Å². The zero-order valence-electron chi connectivity index (χ0n) is 18.5. The van der Waals surface area contributed by atoms with Crippen molar-refractivity contribution >= 4 is 5.91 Å². The Labute approximate surface area is 180 Å². The highest BCUT2D eigenvalue weighted by atomic mass is 16.5. The minimum atomic E-state index is -0.489. The quantitative estimate of drug-likeness (QED) is 0.739. The van der Waals surface area contributed by atoms with Crippen molar-refractivity contribution in [2.45, 2.75) is 57.1 Å². The molecule has 0 bridgehead atoms. The molecule has 3 aliphatic heterocycles. The summed E-state index contributed by atoms with van der Waals surface area (Å²) in [6.45, 7) is 10.6. The lowest BCUT2D eigenvalue weighted by Crippen LogP contribution is -2.53. The number of amides is 1. The Balaban J connectivity index is 1.44. The van der Waals surface area contributed by atoms with E-state index in [1.165, 1.54) is 0 Å². The summed E-state index contributed by atoms with van der Waals surface area (Å²) in [5, 5.41) is 0. The summed E-state index contributed by atoms with van der Waals surface area (Å²) < 4.78 is 17.3. The third kappa shape index (κ3) is 4.66. The van der Waals surface area contributed by atoms with Crippen molar-refractivity contribution < 1.29 is 19.0 Å². The van der Waals surface area contributed by atoms with Crippen molar-refractivity contribution in [3.05, 3.63) is 29.8 Å². The van der Waals surface area contributed by atoms with Crippen LogP contribution in [0, 0.1) is 0 Å². The molecule has 0 aromatic heterocycles. The molecule has 6 nitrogen and oxygen atoms in total. The van der Waals surface area contributed by atoms with Crippen LogP contribution >= 0.6 is 0 Å². The van der Waals surface area contributed by atoms with Crippen LogP contribution in [0.25, 0.3) is 0 Å². The second-order valence-corrected chi connectivity index (χ2v) is 9.07. The van der Waals surface area contributed by atoms with Crippen LogP contribution < -0.4 is 4.74 Å². The molecule has 0 radical (unpaired) electrons. The third-order valence-corrected chi connectivity index (χ3v) is 6.97. The van der Waals surface area contributed by atoms with Crippen molar-refractivity contribution in [1.29, 1.82) is 0 Å². The number of likely N-dealkylation sites (tertiary alicyclic amines) is 1. The Morgan fingerprint density at radius 2 is 1.57 bits per heavy atom. The van der Waals surface area contributed by atoms with Gasteiger partial charge in [-0.25, -0.2) is 0 Å². The first-order valence-electron chi connectivity index (χ1n) is 11.5. The normalized spacial score (nSPS) is 23.5. The molecule has 3 heterocycles. The smallest absolute Gasteiger partial charge is 0.233 e. The molecule has 4 rings (SSSR count). The molecule has 1 aromatic rings. The Morgan fingerprint density at radius 3 is 2.17 bits per heavy atom. The largest absolute Gasteiger partial charge is 0.490 e. The van der Waals surface area contributed by atoms with Crippen molar-refractivity contribution in [2.24, 2.45) is 0 Å². The zero-order valence-corrected chi connectivity index (χ0v) is 18.5. The molecular weight excluding hydrogens is 380 g/mol. The molecule has 0 N–H and O–H groups in total. The van der Waals surface area contributed by atoms with E-state index in [4.69, 9.17) is 14.2 Å². The van der Waals surface area contributed by atoms with Gasteiger partial charge < -0.3 is 24.0 Å². The standard InChI is InChI=1S/C24H36N2O4/c1-19(2)25-11-7-22(8-12-25)30-21-5-3-20(4-6-21)24(9-15-28-16-10-24)23(27)26-13-17-29-18-14-26/h3-6,19,22H,7-18H2,1-2H3. The highest BCUT2D eigenvalue weighted by molar-refractivity contribution is 5.88. The molecular formula is C24H36N2O4. The first-order chi connectivity index (χ1) is 14.6. The molecule has 30 heavy (non-hydrogen) atoms. The van der Waals surface area contributed by atoms with E-state index in [1.54, 1.807) is 0 Å². The fourth-order valence-corrected chi connectivity index (χ4v) is 4.97. The van der Waals surface area contributed by atoms with E-state index < -0.39 is 5.41 Å². The predicted octanol–water partition coefficient (Wildman–Crippen LogP) is 2.85. The van der Waals surface area contributed by atoms with Crippen molar-refractivity contribution in [1.82, 2.24) is 9.80 Å². The van der Waals surface area contributed by atoms with Crippen molar-refractivity contribution in [3.63, 3.8) is 0 Å². The number of nitrogens with zero attached hydrogens (tertiary/aromatic N) is 2. The summed E-state index contributed by atoms with van der Waals surface area (Å²) in [5.41, 5.74) is 0.598. The number of piperidine rings is 1. The summed E-state index contributed by atoms with van der Waals surface area (Å²) in [4.78, 5) is 18.0. The first-order valence-corrected chi connectivity index (χ1v) is 11.5. The lowest BCUT2D eigenvalue weighted by atomic mass is 9.73. The number of ether oxygens (including phenoxy) is 3. The molecule has 0 spiro atoms. The van der Waals surface area contributed by atoms with Gasteiger partial charge in [0.15, 0.2) is 0 Å². The Morgan fingerprint density at radius 1 is 0.967 bits per heavy atom. The zero-order chi connectivity index (χ0) is 21.0. The monoisotopic (exact) mass is 416 g/mol. The van der Waals surface area contributed by atoms with Crippen molar-refractivity contribution in [2.75, 3.05) is 52.6 Å². The lowest BCUT2D eigenvalue weighted by Gasteiger charge is -2.41. The van der Waals surface area contributed by atoms with Gasteiger partial charge in [0.25, 0.3) is 0 Å². The van der Waals surface area contributed by atoms with Crippen molar-refractivity contribution in [3.8, 4) is 5.75 Å². The summed E-state index contributed by atoms with van der Waals surface area (Å²) >= 11 is 0. The van der Waals surface area contributed by atoms with Gasteiger partial charge in [-0.05, 0) is 57.2 Å². The van der Waals surface area contributed by atoms with Crippen LogP contribution in [0.15, 0.2) is 24.3 Å². The number of carbonyl (C=O) groups excluding carboxylic acids is 1. The van der Waals surface area contributed by atoms with Gasteiger partial charge >= 0.3 is 0 Å². The molecule has 3 aliphatic rings. The van der Waals surface area contributed by atoms with Gasteiger partial charge in [-0.3, -0.25) is 4.79 Å². The molecule has 166 valence electrons. The maximum atomic E-state index is 13.5. The van der Waals surface area contributed by atoms with E-state index >= 15 is 0 Å². The maximum absolute atomic E-state index is 13.5. The number of hydrogen-bond acceptors (Lipinski definition) is 5. The lowest BCUT2D eigenvalue weighted by molar-refractivity contribution is -0.145. The van der Waals surface area contributed by atoms with Crippen LogP contribution in [0.1, 0.15) is 45.1 Å². The summed E-state index contributed by atoms with van der Waals surface area (Å²) in [5.74, 6) is 1.13. The number of carbonyl (C=O) groups is 1. The number of benzene rings is 1. The van der Waals surface area contributed by atoms with Gasteiger partial charge in [0.1, 0.15) is 11.9 Å². The number of hydrogen-bond donors (Lipinski definition) is 0. The average Bonchev–Trinajstić information content (AvgIpc) is 2.80. The van der Waals surface area contributed by atoms with Crippen LogP contribution in [-0.2, 0) is 19.7 Å². The molecule has 0 unspecified atom stereocenters. The van der Waals surface area contributed by atoms with E-state index in [0.29, 0.717) is 45.6 Å². The van der Waals surface area contributed by atoms with Gasteiger partial charge in [0.2, 0.25) is 5.91 Å². The molecule has 1 aromatic carbocycles. The van der Waals surface area contributed by atoms with E-state index in [9.17, 15) is 4.79 Å². The van der Waals surface area contributed by atoms with E-state index in [-0.39, 0.29) is 12.0 Å². The summed E-state index contributed by atoms with van der Waals surface area (Å²) in [6, 6.07) is 8.90. The summed E-state index contributed by atoms with van der Waals surface area (Å²) in [6.07, 6.45) is 3.87. The minimum Gasteiger partial charge on any atom is -0.490 e. The number of rotatable bonds is 5. The van der Waals surface area contributed by atoms with Crippen LogP contribution in [-0.4, -0.2) is 80.5 Å². The molecule has 0 saturated carbocycles. The minimum absolute atomic E-state index is 0.226. The second kappa shape index (κ2) is 9.67. The molecule has 3 saturated heterocycles. The van der Waals surface area contributed by atoms with Gasteiger partial charge in [0.05, 0.1) is 18.6 Å². The molecule has 0 aliphatic carbocycles. The number of morpholine rings is 1. The Bertz CT molecular complexity index is 686. The van der Waals surface area contributed by atoms with Crippen LogP contribution in [0.2, 0.25) is 0 Å². The van der Waals surface area contributed by atoms with Crippen LogP contribution in [0.4, 0.5) is 0 Å². The maximum Gasteiger partial charge on any atom is 0.233 e. The molecule has 6 heteroatoms. The molecule has 1 amide bonds. The van der Waals surface area contributed by atoms with E-state index in [0.717, 1.165) is 50.1 Å². The SMILES string of the molecule is CC(C)N1CCC(Oc2ccc(C3(C(=O)N4CCOCC4)CCOCC3)cc2)CC1. The topological polar surface area (TPSA) is 51.2 Å². The first kappa shape index (κ1) is 21.6. The fraction of sp³-hybridized carbons (Fsp3) is 0.708. The van der Waals surface area contributed by atoms with Crippen LogP contribution in [0.5, 0.6) is 5.75 Å². The Hall–Kier alpha value is -1.63. The van der Waals surface area contributed by atoms with Gasteiger partial charge in [-0.15, -0.1) is 0 Å².